The van der Waals surface area contributed by atoms with Gasteiger partial charge < -0.3 is 14.6 Å². The fourth-order valence-corrected chi connectivity index (χ4v) is 0.884. The molecule has 1 rings (SSSR count). The Labute approximate surface area is 141 Å². The van der Waals surface area contributed by atoms with Gasteiger partial charge in [0.1, 0.15) is 5.75 Å². The summed E-state index contributed by atoms with van der Waals surface area (Å²) in [6.07, 6.45) is 1.98. The van der Waals surface area contributed by atoms with Gasteiger partial charge in [0, 0.05) is 17.7 Å². The van der Waals surface area contributed by atoms with Crippen LogP contribution in [-0.2, 0) is 19.1 Å². The molecule has 0 aliphatic heterocycles. The molecule has 0 fully saturated rings. The predicted octanol–water partition coefficient (Wildman–Crippen LogP) is 3.16. The van der Waals surface area contributed by atoms with Gasteiger partial charge in [-0.05, 0) is 26.0 Å². The molecule has 0 radical (unpaired) electrons. The number of carboxylic acid groups (broad SMARTS) is 1. The van der Waals surface area contributed by atoms with E-state index in [2.05, 4.69) is 24.5 Å². The Bertz CT molecular complexity index is 560. The van der Waals surface area contributed by atoms with Gasteiger partial charge in [-0.1, -0.05) is 37.9 Å². The fourth-order valence-electron chi connectivity index (χ4n) is 0.884. The third kappa shape index (κ3) is 15.2. The molecule has 0 heterocycles. The van der Waals surface area contributed by atoms with E-state index in [1.807, 2.05) is 6.07 Å². The van der Waals surface area contributed by atoms with Gasteiger partial charge in [0.15, 0.2) is 0 Å². The lowest BCUT2D eigenvalue weighted by Crippen LogP contribution is -2.07. The number of aliphatic carboxylic acids is 1. The van der Waals surface area contributed by atoms with Crippen LogP contribution in [0.3, 0.4) is 0 Å². The minimum atomic E-state index is -0.981. The van der Waals surface area contributed by atoms with Gasteiger partial charge >= 0.3 is 17.9 Å². The van der Waals surface area contributed by atoms with Crippen molar-refractivity contribution < 1.29 is 29.0 Å². The molecule has 0 atom stereocenters. The summed E-state index contributed by atoms with van der Waals surface area (Å²) >= 11 is 0. The molecule has 0 unspecified atom stereocenters. The molecule has 0 aliphatic rings. The monoisotopic (exact) mass is 334 g/mol. The van der Waals surface area contributed by atoms with Gasteiger partial charge in [-0.15, -0.1) is 0 Å². The average Bonchev–Trinajstić information content (AvgIpc) is 2.57. The molecule has 0 saturated carbocycles. The summed E-state index contributed by atoms with van der Waals surface area (Å²) in [4.78, 5) is 30.3. The van der Waals surface area contributed by atoms with E-state index in [1.165, 1.54) is 0 Å². The predicted molar refractivity (Wildman–Crippen MR) is 91.6 cm³/mol. The van der Waals surface area contributed by atoms with Gasteiger partial charge in [-0.3, -0.25) is 0 Å². The van der Waals surface area contributed by atoms with Crippen LogP contribution in [0, 0.1) is 0 Å². The lowest BCUT2D eigenvalue weighted by Gasteiger charge is -2.01. The van der Waals surface area contributed by atoms with Crippen LogP contribution in [0.1, 0.15) is 13.8 Å². The smallest absolute Gasteiger partial charge is 0.338 e. The van der Waals surface area contributed by atoms with Crippen molar-refractivity contribution in [2.45, 2.75) is 13.8 Å². The number of esters is 2. The highest BCUT2D eigenvalue weighted by Gasteiger charge is 2.03. The van der Waals surface area contributed by atoms with E-state index in [9.17, 15) is 14.4 Å². The minimum Gasteiger partial charge on any atom is -0.478 e. The zero-order valence-electron chi connectivity index (χ0n) is 13.9. The summed E-state index contributed by atoms with van der Waals surface area (Å²) in [5, 5.41) is 7.60. The van der Waals surface area contributed by atoms with Crippen molar-refractivity contribution in [2.75, 3.05) is 6.61 Å². The van der Waals surface area contributed by atoms with Crippen LogP contribution >= 0.6 is 0 Å². The van der Waals surface area contributed by atoms with E-state index in [0.29, 0.717) is 17.9 Å². The van der Waals surface area contributed by atoms with Gasteiger partial charge in [0.05, 0.1) is 6.61 Å². The van der Waals surface area contributed by atoms with Gasteiger partial charge in [0.2, 0.25) is 0 Å². The molecular weight excluding hydrogens is 312 g/mol. The van der Waals surface area contributed by atoms with Crippen molar-refractivity contribution in [2.24, 2.45) is 0 Å². The lowest BCUT2D eigenvalue weighted by atomic mass is 10.3. The number of carbonyl (C=O) groups is 3. The van der Waals surface area contributed by atoms with Crippen LogP contribution < -0.4 is 4.74 Å². The highest BCUT2D eigenvalue weighted by atomic mass is 16.5. The fraction of sp³-hybridized carbons (Fsp3) is 0.167. The quantitative estimate of drug-likeness (QED) is 0.505. The topological polar surface area (TPSA) is 89.9 Å². The Hall–Kier alpha value is -3.15. The Morgan fingerprint density at radius 1 is 1.12 bits per heavy atom. The number of carboxylic acids is 1. The molecule has 0 saturated heterocycles. The molecule has 24 heavy (non-hydrogen) atoms. The van der Waals surface area contributed by atoms with Gasteiger partial charge in [0.25, 0.3) is 0 Å². The molecule has 0 aliphatic carbocycles. The first-order valence-corrected chi connectivity index (χ1v) is 6.85. The van der Waals surface area contributed by atoms with Crippen molar-refractivity contribution in [1.29, 1.82) is 0 Å². The number of para-hydroxylation sites is 1. The standard InChI is InChI=1S/C10H10O2.C5H8O2.C3H4O2/c1-8(2)10(11)12-9-6-4-3-5-7-9;1-3-5(6)7-4-2;1-2-3(4)5/h3-7H,1H2,2H3;3H,1,4H2,2H3;2H,1H2,(H,4,5). The summed E-state index contributed by atoms with van der Waals surface area (Å²) in [5.41, 5.74) is 0.402. The van der Waals surface area contributed by atoms with Crippen LogP contribution in [0.2, 0.25) is 0 Å². The van der Waals surface area contributed by atoms with Crippen LogP contribution in [0.25, 0.3) is 0 Å². The van der Waals surface area contributed by atoms with Crippen molar-refractivity contribution >= 4 is 17.9 Å². The molecule has 1 aromatic carbocycles. The number of rotatable bonds is 5. The number of ether oxygens (including phenoxy) is 2. The van der Waals surface area contributed by atoms with Crippen molar-refractivity contribution in [3.8, 4) is 5.75 Å². The molecule has 0 amide bonds. The Balaban J connectivity index is 0. The van der Waals surface area contributed by atoms with Crippen LogP contribution in [-0.4, -0.2) is 29.6 Å². The third-order valence-corrected chi connectivity index (χ3v) is 1.93. The Morgan fingerprint density at radius 3 is 1.92 bits per heavy atom. The average molecular weight is 334 g/mol. The van der Waals surface area contributed by atoms with Crippen LogP contribution in [0.15, 0.2) is 67.8 Å². The zero-order valence-corrected chi connectivity index (χ0v) is 13.9. The summed E-state index contributed by atoms with van der Waals surface area (Å²) < 4.78 is 9.37. The summed E-state index contributed by atoms with van der Waals surface area (Å²) in [7, 11) is 0. The van der Waals surface area contributed by atoms with E-state index in [1.54, 1.807) is 38.1 Å². The highest BCUT2D eigenvalue weighted by molar-refractivity contribution is 5.88. The van der Waals surface area contributed by atoms with Crippen molar-refractivity contribution in [3.63, 3.8) is 0 Å². The first-order valence-electron chi connectivity index (χ1n) is 6.85. The third-order valence-electron chi connectivity index (χ3n) is 1.93. The molecule has 0 bridgehead atoms. The molecule has 130 valence electrons. The van der Waals surface area contributed by atoms with E-state index < -0.39 is 5.97 Å². The molecule has 0 spiro atoms. The second-order valence-corrected chi connectivity index (χ2v) is 3.98. The summed E-state index contributed by atoms with van der Waals surface area (Å²) in [6, 6.07) is 8.92. The van der Waals surface area contributed by atoms with Crippen LogP contribution in [0.4, 0.5) is 0 Å². The first-order chi connectivity index (χ1) is 11.3. The SMILES string of the molecule is C=C(C)C(=O)Oc1ccccc1.C=CC(=O)O.C=CC(=O)OCC. The number of benzene rings is 1. The van der Waals surface area contributed by atoms with E-state index in [4.69, 9.17) is 9.84 Å². The van der Waals surface area contributed by atoms with E-state index >= 15 is 0 Å². The maximum absolute atomic E-state index is 11.0. The number of hydrogen-bond acceptors (Lipinski definition) is 5. The Morgan fingerprint density at radius 2 is 1.62 bits per heavy atom. The molecule has 6 nitrogen and oxygen atoms in total. The Kier molecular flexibility index (Phi) is 14.2. The summed E-state index contributed by atoms with van der Waals surface area (Å²) in [5.74, 6) is -1.18. The van der Waals surface area contributed by atoms with E-state index in [-0.39, 0.29) is 11.9 Å². The zero-order chi connectivity index (χ0) is 19.0. The van der Waals surface area contributed by atoms with Gasteiger partial charge in [-0.2, -0.15) is 0 Å². The van der Waals surface area contributed by atoms with Crippen molar-refractivity contribution in [3.05, 3.63) is 67.8 Å². The largest absolute Gasteiger partial charge is 0.478 e. The first kappa shape index (κ1) is 23.1. The van der Waals surface area contributed by atoms with E-state index in [0.717, 1.165) is 12.2 Å². The second kappa shape index (κ2) is 14.8. The number of carbonyl (C=O) groups excluding carboxylic acids is 2. The number of hydrogen-bond donors (Lipinski definition) is 1. The summed E-state index contributed by atoms with van der Waals surface area (Å²) in [6.45, 7) is 13.4. The maximum atomic E-state index is 11.0. The van der Waals surface area contributed by atoms with Gasteiger partial charge in [-0.25, -0.2) is 14.4 Å². The minimum absolute atomic E-state index is 0.359. The molecule has 1 N–H and O–H groups in total. The highest BCUT2D eigenvalue weighted by Crippen LogP contribution is 2.09. The molecule has 1 aromatic rings. The maximum Gasteiger partial charge on any atom is 0.338 e. The molecule has 0 aromatic heterocycles. The van der Waals surface area contributed by atoms with Crippen LogP contribution in [0.5, 0.6) is 5.75 Å². The molecular formula is C18H22O6. The molecule has 6 heteroatoms. The van der Waals surface area contributed by atoms with Crippen molar-refractivity contribution in [1.82, 2.24) is 0 Å². The second-order valence-electron chi connectivity index (χ2n) is 3.98. The normalized spacial score (nSPS) is 8.08. The lowest BCUT2D eigenvalue weighted by molar-refractivity contribution is -0.137.